The quantitative estimate of drug-likeness (QED) is 0.0745. The predicted molar refractivity (Wildman–Crippen MR) is 152 cm³/mol. The Bertz CT molecular complexity index is 1460. The second-order valence-electron chi connectivity index (χ2n) is 9.28. The van der Waals surface area contributed by atoms with E-state index in [1.54, 1.807) is 17.6 Å². The van der Waals surface area contributed by atoms with Crippen LogP contribution in [0.15, 0.2) is 91.5 Å². The number of benzene rings is 4. The van der Waals surface area contributed by atoms with Gasteiger partial charge in [-0.1, -0.05) is 85.4 Å². The van der Waals surface area contributed by atoms with Crippen molar-refractivity contribution in [3.05, 3.63) is 108 Å². The van der Waals surface area contributed by atoms with Crippen molar-refractivity contribution in [2.75, 3.05) is 6.61 Å². The predicted octanol–water partition coefficient (Wildman–Crippen LogP) is 5.95. The first-order valence-electron chi connectivity index (χ1n) is 12.9. The van der Waals surface area contributed by atoms with Crippen molar-refractivity contribution >= 4 is 28.2 Å². The highest BCUT2D eigenvalue weighted by Gasteiger charge is 2.14. The average molecular weight is 525 g/mol. The number of hydrogen-bond acceptors (Lipinski definition) is 5. The van der Waals surface area contributed by atoms with Crippen molar-refractivity contribution in [3.63, 3.8) is 0 Å². The lowest BCUT2D eigenvalue weighted by atomic mass is 9.98. The first-order chi connectivity index (χ1) is 19.0. The first-order valence-corrected chi connectivity index (χ1v) is 12.9. The van der Waals surface area contributed by atoms with Crippen LogP contribution in [0.25, 0.3) is 27.5 Å². The van der Waals surface area contributed by atoms with Gasteiger partial charge in [0.05, 0.1) is 12.2 Å². The number of unbranched alkanes of at least 4 members (excludes halogenated alkanes) is 1. The Balaban J connectivity index is 1.51. The third kappa shape index (κ3) is 7.31. The van der Waals surface area contributed by atoms with E-state index in [9.17, 15) is 14.7 Å². The van der Waals surface area contributed by atoms with Crippen LogP contribution in [0.5, 0.6) is 5.75 Å². The van der Waals surface area contributed by atoms with Crippen molar-refractivity contribution in [3.8, 4) is 16.9 Å². The number of aliphatic carboxylic acids is 1. The van der Waals surface area contributed by atoms with E-state index < -0.39 is 11.9 Å². The third-order valence-electron chi connectivity index (χ3n) is 6.53. The van der Waals surface area contributed by atoms with Gasteiger partial charge in [0.1, 0.15) is 5.75 Å². The molecular weight excluding hydrogens is 492 g/mol. The molecule has 39 heavy (non-hydrogen) atoms. The number of carbonyl (C=O) groups is 2. The largest absolute Gasteiger partial charge is 0.493 e. The minimum atomic E-state index is -1.05. The minimum absolute atomic E-state index is 0.0385. The van der Waals surface area contributed by atoms with Gasteiger partial charge in [-0.05, 0) is 46.4 Å². The molecule has 0 aliphatic heterocycles. The second kappa shape index (κ2) is 13.4. The van der Waals surface area contributed by atoms with Gasteiger partial charge in [-0.25, -0.2) is 10.3 Å². The van der Waals surface area contributed by atoms with Crippen LogP contribution in [0.4, 0.5) is 0 Å². The van der Waals surface area contributed by atoms with Gasteiger partial charge in [-0.2, -0.15) is 0 Å². The third-order valence-corrected chi connectivity index (χ3v) is 6.53. The number of rotatable bonds is 13. The molecule has 7 heteroatoms. The van der Waals surface area contributed by atoms with Gasteiger partial charge in [-0.3, -0.25) is 10.0 Å². The van der Waals surface area contributed by atoms with Crippen molar-refractivity contribution in [2.45, 2.75) is 32.4 Å². The fraction of sp³-hybridized carbons (Fsp3) is 0.188. The number of amides is 1. The summed E-state index contributed by atoms with van der Waals surface area (Å²) in [7, 11) is 0. The Hall–Kier alpha value is -4.46. The minimum Gasteiger partial charge on any atom is -0.493 e. The number of nitrogens with one attached hydrogen (secondary N) is 2. The van der Waals surface area contributed by atoms with Crippen LogP contribution in [0.1, 0.15) is 36.0 Å². The molecule has 4 N–H and O–H groups in total. The van der Waals surface area contributed by atoms with Gasteiger partial charge in [0.25, 0.3) is 0 Å². The Morgan fingerprint density at radius 3 is 2.36 bits per heavy atom. The van der Waals surface area contributed by atoms with E-state index in [1.165, 1.54) is 16.3 Å². The lowest BCUT2D eigenvalue weighted by Gasteiger charge is -2.17. The maximum Gasteiger partial charge on any atom is 0.335 e. The number of carbonyl (C=O) groups excluding carboxylic acids is 1. The monoisotopic (exact) mass is 524 g/mol. The second-order valence-corrected chi connectivity index (χ2v) is 9.28. The van der Waals surface area contributed by atoms with Crippen LogP contribution in [-0.2, 0) is 22.7 Å². The summed E-state index contributed by atoms with van der Waals surface area (Å²) < 4.78 is 6.27. The lowest BCUT2D eigenvalue weighted by molar-refractivity contribution is -0.130. The fourth-order valence-corrected chi connectivity index (χ4v) is 4.40. The zero-order valence-electron chi connectivity index (χ0n) is 21.7. The first kappa shape index (κ1) is 27.6. The van der Waals surface area contributed by atoms with Gasteiger partial charge < -0.3 is 15.2 Å². The molecule has 200 valence electrons. The number of hydrogen-bond donors (Lipinski definition) is 4. The highest BCUT2D eigenvalue weighted by atomic mass is 16.5. The summed E-state index contributed by atoms with van der Waals surface area (Å²) in [6, 6.07) is 27.9. The highest BCUT2D eigenvalue weighted by molar-refractivity contribution is 6.14. The van der Waals surface area contributed by atoms with Gasteiger partial charge in [-0.15, -0.1) is 0 Å². The zero-order chi connectivity index (χ0) is 27.6. The van der Waals surface area contributed by atoms with E-state index in [1.807, 2.05) is 42.5 Å². The highest BCUT2D eigenvalue weighted by Crippen LogP contribution is 2.34. The Labute approximate surface area is 227 Å². The van der Waals surface area contributed by atoms with Crippen molar-refractivity contribution in [1.29, 1.82) is 0 Å². The molecule has 0 aromatic heterocycles. The van der Waals surface area contributed by atoms with Gasteiger partial charge in [0.2, 0.25) is 5.91 Å². The summed E-state index contributed by atoms with van der Waals surface area (Å²) >= 11 is 0. The van der Waals surface area contributed by atoms with Gasteiger partial charge in [0, 0.05) is 30.6 Å². The van der Waals surface area contributed by atoms with Crippen molar-refractivity contribution in [2.24, 2.45) is 0 Å². The van der Waals surface area contributed by atoms with E-state index in [4.69, 9.17) is 9.94 Å². The van der Waals surface area contributed by atoms with Crippen LogP contribution in [0.2, 0.25) is 0 Å². The van der Waals surface area contributed by atoms with Crippen LogP contribution >= 0.6 is 0 Å². The van der Waals surface area contributed by atoms with Crippen molar-refractivity contribution < 1.29 is 24.6 Å². The molecule has 0 heterocycles. The van der Waals surface area contributed by atoms with Gasteiger partial charge in [0.15, 0.2) is 0 Å². The summed E-state index contributed by atoms with van der Waals surface area (Å²) in [5.41, 5.74) is 6.18. The molecule has 4 aromatic carbocycles. The molecular formula is C32H32N2O5. The molecule has 7 nitrogen and oxygen atoms in total. The van der Waals surface area contributed by atoms with Crippen LogP contribution in [-0.4, -0.2) is 28.8 Å². The number of carboxylic acids is 1. The number of para-hydroxylation sites is 1. The lowest BCUT2D eigenvalue weighted by Crippen LogP contribution is -2.18. The Morgan fingerprint density at radius 1 is 0.846 bits per heavy atom. The summed E-state index contributed by atoms with van der Waals surface area (Å²) in [4.78, 5) is 22.6. The molecule has 0 atom stereocenters. The number of fused-ring (bicyclic) bond motifs is 1. The number of hydroxylamine groups is 1. The summed E-state index contributed by atoms with van der Waals surface area (Å²) in [6.45, 7) is 5.31. The molecule has 0 spiro atoms. The molecule has 0 aliphatic rings. The summed E-state index contributed by atoms with van der Waals surface area (Å²) in [5, 5.41) is 23.9. The van der Waals surface area contributed by atoms with E-state index in [-0.39, 0.29) is 12.0 Å². The van der Waals surface area contributed by atoms with E-state index in [2.05, 4.69) is 42.2 Å². The topological polar surface area (TPSA) is 108 Å². The van der Waals surface area contributed by atoms with Crippen LogP contribution in [0.3, 0.4) is 0 Å². The molecule has 1 amide bonds. The molecule has 0 radical (unpaired) electrons. The van der Waals surface area contributed by atoms with Crippen LogP contribution in [0, 0.1) is 0 Å². The van der Waals surface area contributed by atoms with Gasteiger partial charge >= 0.3 is 5.97 Å². The van der Waals surface area contributed by atoms with E-state index >= 15 is 0 Å². The molecule has 4 aromatic rings. The molecule has 0 saturated carbocycles. The zero-order valence-corrected chi connectivity index (χ0v) is 21.7. The van der Waals surface area contributed by atoms with Crippen LogP contribution < -0.4 is 15.5 Å². The molecule has 0 saturated heterocycles. The molecule has 0 fully saturated rings. The van der Waals surface area contributed by atoms with Crippen molar-refractivity contribution in [1.82, 2.24) is 10.8 Å². The maximum absolute atomic E-state index is 11.3. The number of ether oxygens (including phenoxy) is 1. The van der Waals surface area contributed by atoms with E-state index in [0.29, 0.717) is 38.1 Å². The molecule has 0 bridgehead atoms. The standard InChI is InChI=1S/C32H32N2O5/c1-22(32(36)37)24-14-16-26(17-15-24)29-10-6-9-28(31(29)39-18-5-4-11-30(35)34-38)21-33-20-23-12-13-25-7-2-3-8-27(25)19-23/h2-3,6-10,12-17,19,33,38H,1,4-5,11,18,20-21H2,(H,34,35)(H,36,37). The fourth-order valence-electron chi connectivity index (χ4n) is 4.40. The maximum atomic E-state index is 11.3. The van der Waals surface area contributed by atoms with E-state index in [0.717, 1.165) is 22.4 Å². The summed E-state index contributed by atoms with van der Waals surface area (Å²) in [6.07, 6.45) is 1.44. The normalized spacial score (nSPS) is 10.8. The average Bonchev–Trinajstić information content (AvgIpc) is 2.96. The Kier molecular flexibility index (Phi) is 9.45. The molecule has 0 aliphatic carbocycles. The molecule has 4 rings (SSSR count). The number of carboxylic acid groups (broad SMARTS) is 1. The SMILES string of the molecule is C=C(C(=O)O)c1ccc(-c2cccc(CNCc3ccc4ccccc4c3)c2OCCCCC(=O)NO)cc1. The Morgan fingerprint density at radius 2 is 1.62 bits per heavy atom. The smallest absolute Gasteiger partial charge is 0.335 e. The summed E-state index contributed by atoms with van der Waals surface area (Å²) in [5.74, 6) is -0.738. The molecule has 0 unspecified atom stereocenters.